The molecule has 1 fully saturated rings. The molecule has 0 spiro atoms. The van der Waals surface area contributed by atoms with Gasteiger partial charge < -0.3 is 19.8 Å². The molecule has 7 nitrogen and oxygen atoms in total. The first kappa shape index (κ1) is 20.1. The molecule has 2 heterocycles. The van der Waals surface area contributed by atoms with Crippen LogP contribution in [0.15, 0.2) is 53.1 Å². The minimum Gasteiger partial charge on any atom is -0.459 e. The van der Waals surface area contributed by atoms with Crippen LogP contribution in [0.2, 0.25) is 0 Å². The molecule has 2 amide bonds. The van der Waals surface area contributed by atoms with Crippen LogP contribution in [0.3, 0.4) is 0 Å². The Balaban J connectivity index is 1.52. The number of carbonyl (C=O) groups excluding carboxylic acids is 2. The molecule has 150 valence electrons. The van der Waals surface area contributed by atoms with Crippen molar-refractivity contribution in [2.45, 2.75) is 18.9 Å². The summed E-state index contributed by atoms with van der Waals surface area (Å²) in [6.07, 6.45) is 2.71. The van der Waals surface area contributed by atoms with E-state index in [-0.39, 0.29) is 11.7 Å². The molecule has 2 N–H and O–H groups in total. The molecule has 1 aliphatic rings. The number of carbonyl (C=O) groups is 2. The molecule has 0 bridgehead atoms. The molecule has 1 aromatic carbocycles. The zero-order valence-corrected chi connectivity index (χ0v) is 15.9. The predicted molar refractivity (Wildman–Crippen MR) is 105 cm³/mol. The number of hydrogen-bond donors (Lipinski definition) is 2. The average molecular weight is 385 g/mol. The first-order valence-electron chi connectivity index (χ1n) is 9.68. The Labute approximate surface area is 165 Å². The summed E-state index contributed by atoms with van der Waals surface area (Å²) in [4.78, 5) is 27.4. The van der Waals surface area contributed by atoms with Gasteiger partial charge in [-0.15, -0.1) is 0 Å². The summed E-state index contributed by atoms with van der Waals surface area (Å²) < 4.78 is 10.5. The highest BCUT2D eigenvalue weighted by atomic mass is 16.5. The Morgan fingerprint density at radius 2 is 1.86 bits per heavy atom. The van der Waals surface area contributed by atoms with E-state index in [0.29, 0.717) is 13.0 Å². The molecule has 0 saturated carbocycles. The summed E-state index contributed by atoms with van der Waals surface area (Å²) in [7, 11) is 0. The molecule has 0 radical (unpaired) electrons. The van der Waals surface area contributed by atoms with Crippen LogP contribution in [0, 0.1) is 0 Å². The number of hydrogen-bond acceptors (Lipinski definition) is 5. The third-order valence-electron chi connectivity index (χ3n) is 4.70. The molecule has 1 unspecified atom stereocenters. The van der Waals surface area contributed by atoms with E-state index < -0.39 is 11.9 Å². The summed E-state index contributed by atoms with van der Waals surface area (Å²) in [5.74, 6) is -0.390. The Hall–Kier alpha value is -2.64. The van der Waals surface area contributed by atoms with Crippen LogP contribution in [0.1, 0.15) is 22.5 Å². The lowest BCUT2D eigenvalue weighted by Gasteiger charge is -2.26. The van der Waals surface area contributed by atoms with Crippen molar-refractivity contribution in [2.24, 2.45) is 0 Å². The second-order valence-corrected chi connectivity index (χ2v) is 6.79. The summed E-state index contributed by atoms with van der Waals surface area (Å²) >= 11 is 0. The molecule has 1 aromatic heterocycles. The highest BCUT2D eigenvalue weighted by molar-refractivity contribution is 5.95. The first-order valence-corrected chi connectivity index (χ1v) is 9.68. The van der Waals surface area contributed by atoms with Gasteiger partial charge >= 0.3 is 0 Å². The zero-order valence-electron chi connectivity index (χ0n) is 15.9. The summed E-state index contributed by atoms with van der Waals surface area (Å²) in [5, 5.41) is 5.74. The number of nitrogens with one attached hydrogen (secondary N) is 2. The number of amides is 2. The molecule has 3 rings (SSSR count). The summed E-state index contributed by atoms with van der Waals surface area (Å²) in [6, 6.07) is 12.2. The van der Waals surface area contributed by atoms with Gasteiger partial charge in [0.2, 0.25) is 5.91 Å². The summed E-state index contributed by atoms with van der Waals surface area (Å²) in [5.41, 5.74) is 0.982. The Kier molecular flexibility index (Phi) is 7.63. The normalized spacial score (nSPS) is 15.7. The SMILES string of the molecule is O=C(NC(Cc1ccccc1)C(=O)NCCCN1CCOCC1)c1ccco1. The van der Waals surface area contributed by atoms with Crippen molar-refractivity contribution >= 4 is 11.8 Å². The van der Waals surface area contributed by atoms with E-state index in [1.54, 1.807) is 12.1 Å². The maximum atomic E-state index is 12.7. The number of benzene rings is 1. The number of rotatable bonds is 9. The Morgan fingerprint density at radius 3 is 2.57 bits per heavy atom. The van der Waals surface area contributed by atoms with Crippen LogP contribution in [0.5, 0.6) is 0 Å². The molecule has 28 heavy (non-hydrogen) atoms. The minimum atomic E-state index is -0.664. The van der Waals surface area contributed by atoms with Gasteiger partial charge in [0.1, 0.15) is 6.04 Å². The van der Waals surface area contributed by atoms with Gasteiger partial charge in [0.15, 0.2) is 5.76 Å². The van der Waals surface area contributed by atoms with Gasteiger partial charge in [0, 0.05) is 26.1 Å². The monoisotopic (exact) mass is 385 g/mol. The third-order valence-corrected chi connectivity index (χ3v) is 4.70. The number of furan rings is 1. The van der Waals surface area contributed by atoms with E-state index in [1.165, 1.54) is 6.26 Å². The van der Waals surface area contributed by atoms with Crippen molar-refractivity contribution in [2.75, 3.05) is 39.4 Å². The van der Waals surface area contributed by atoms with E-state index in [0.717, 1.165) is 44.8 Å². The van der Waals surface area contributed by atoms with Gasteiger partial charge in [-0.3, -0.25) is 14.5 Å². The maximum Gasteiger partial charge on any atom is 0.287 e. The summed E-state index contributed by atoms with van der Waals surface area (Å²) in [6.45, 7) is 4.89. The van der Waals surface area contributed by atoms with Gasteiger partial charge in [0.25, 0.3) is 5.91 Å². The lowest BCUT2D eigenvalue weighted by molar-refractivity contribution is -0.123. The van der Waals surface area contributed by atoms with Crippen molar-refractivity contribution < 1.29 is 18.7 Å². The molecular formula is C21H27N3O4. The predicted octanol–water partition coefficient (Wildman–Crippen LogP) is 1.46. The van der Waals surface area contributed by atoms with Crippen molar-refractivity contribution in [3.8, 4) is 0 Å². The molecule has 7 heteroatoms. The topological polar surface area (TPSA) is 83.8 Å². The second kappa shape index (κ2) is 10.6. The van der Waals surface area contributed by atoms with Gasteiger partial charge in [-0.1, -0.05) is 30.3 Å². The molecule has 1 saturated heterocycles. The minimum absolute atomic E-state index is 0.189. The van der Waals surface area contributed by atoms with Crippen LogP contribution in [0.4, 0.5) is 0 Å². The molecule has 1 aliphatic heterocycles. The molecule has 1 atom stereocenters. The first-order chi connectivity index (χ1) is 13.7. The number of nitrogens with zero attached hydrogens (tertiary/aromatic N) is 1. The van der Waals surface area contributed by atoms with Crippen molar-refractivity contribution in [1.29, 1.82) is 0 Å². The van der Waals surface area contributed by atoms with Crippen molar-refractivity contribution in [1.82, 2.24) is 15.5 Å². The molecular weight excluding hydrogens is 358 g/mol. The lowest BCUT2D eigenvalue weighted by Crippen LogP contribution is -2.48. The van der Waals surface area contributed by atoms with Crippen LogP contribution in [-0.4, -0.2) is 62.1 Å². The highest BCUT2D eigenvalue weighted by Gasteiger charge is 2.22. The fourth-order valence-corrected chi connectivity index (χ4v) is 3.16. The average Bonchev–Trinajstić information content (AvgIpc) is 3.27. The van der Waals surface area contributed by atoms with Crippen LogP contribution in [-0.2, 0) is 16.0 Å². The third kappa shape index (κ3) is 6.21. The van der Waals surface area contributed by atoms with Gasteiger partial charge in [-0.25, -0.2) is 0 Å². The molecule has 0 aliphatic carbocycles. The smallest absolute Gasteiger partial charge is 0.287 e. The number of ether oxygens (including phenoxy) is 1. The van der Waals surface area contributed by atoms with Crippen molar-refractivity contribution in [3.05, 3.63) is 60.1 Å². The zero-order chi connectivity index (χ0) is 19.6. The van der Waals surface area contributed by atoms with E-state index >= 15 is 0 Å². The Morgan fingerprint density at radius 1 is 1.07 bits per heavy atom. The largest absolute Gasteiger partial charge is 0.459 e. The van der Waals surface area contributed by atoms with Gasteiger partial charge in [0.05, 0.1) is 19.5 Å². The van der Waals surface area contributed by atoms with E-state index in [1.807, 2.05) is 30.3 Å². The van der Waals surface area contributed by atoms with Crippen LogP contribution < -0.4 is 10.6 Å². The fraction of sp³-hybridized carbons (Fsp3) is 0.429. The highest BCUT2D eigenvalue weighted by Crippen LogP contribution is 2.06. The second-order valence-electron chi connectivity index (χ2n) is 6.79. The quantitative estimate of drug-likeness (QED) is 0.639. The number of morpholine rings is 1. The van der Waals surface area contributed by atoms with Gasteiger partial charge in [-0.05, 0) is 30.7 Å². The van der Waals surface area contributed by atoms with Gasteiger partial charge in [-0.2, -0.15) is 0 Å². The lowest BCUT2D eigenvalue weighted by atomic mass is 10.0. The van der Waals surface area contributed by atoms with Crippen LogP contribution in [0.25, 0.3) is 0 Å². The van der Waals surface area contributed by atoms with E-state index in [2.05, 4.69) is 15.5 Å². The van der Waals surface area contributed by atoms with Crippen LogP contribution >= 0.6 is 0 Å². The molecule has 2 aromatic rings. The maximum absolute atomic E-state index is 12.7. The van der Waals surface area contributed by atoms with Crippen molar-refractivity contribution in [3.63, 3.8) is 0 Å². The Bertz CT molecular complexity index is 727. The van der Waals surface area contributed by atoms with E-state index in [4.69, 9.17) is 9.15 Å². The van der Waals surface area contributed by atoms with E-state index in [9.17, 15) is 9.59 Å². The standard InChI is InChI=1S/C21H27N3O4/c25-20(22-9-5-10-24-11-14-27-15-12-24)18(16-17-6-2-1-3-7-17)23-21(26)19-8-4-13-28-19/h1-4,6-8,13,18H,5,9-12,14-16H2,(H,22,25)(H,23,26). The fourth-order valence-electron chi connectivity index (χ4n) is 3.16.